The Kier molecular flexibility index (Phi) is 5.38. The molecule has 0 atom stereocenters. The van der Waals surface area contributed by atoms with E-state index in [2.05, 4.69) is 4.72 Å². The van der Waals surface area contributed by atoms with Gasteiger partial charge in [0.2, 0.25) is 0 Å². The van der Waals surface area contributed by atoms with E-state index in [0.29, 0.717) is 11.5 Å². The topological polar surface area (TPSA) is 114 Å². The van der Waals surface area contributed by atoms with E-state index >= 15 is 0 Å². The molecule has 0 amide bonds. The van der Waals surface area contributed by atoms with E-state index in [0.717, 1.165) is 6.07 Å². The lowest BCUT2D eigenvalue weighted by atomic mass is 10.2. The number of ether oxygens (including phenoxy) is 3. The maximum Gasteiger partial charge on any atom is 0.265 e. The van der Waals surface area contributed by atoms with Crippen molar-refractivity contribution >= 4 is 21.7 Å². The first-order valence-corrected chi connectivity index (χ1v) is 8.44. The average Bonchev–Trinajstić information content (AvgIpc) is 2.60. The Morgan fingerprint density at radius 1 is 0.960 bits per heavy atom. The van der Waals surface area contributed by atoms with Crippen molar-refractivity contribution in [3.05, 3.63) is 42.0 Å². The van der Waals surface area contributed by atoms with Gasteiger partial charge < -0.3 is 24.1 Å². The predicted octanol–water partition coefficient (Wildman–Crippen LogP) is 0.877. The highest BCUT2D eigenvalue weighted by Crippen LogP contribution is 2.30. The van der Waals surface area contributed by atoms with E-state index in [9.17, 15) is 18.3 Å². The third-order valence-electron chi connectivity index (χ3n) is 3.29. The van der Waals surface area contributed by atoms with Crippen LogP contribution in [0.3, 0.4) is 0 Å². The van der Waals surface area contributed by atoms with Crippen LogP contribution in [0.4, 0.5) is 5.69 Å². The Morgan fingerprint density at radius 2 is 1.56 bits per heavy atom. The van der Waals surface area contributed by atoms with Crippen LogP contribution in [0.25, 0.3) is 0 Å². The third kappa shape index (κ3) is 4.13. The number of anilines is 1. The first-order valence-electron chi connectivity index (χ1n) is 6.96. The second kappa shape index (κ2) is 7.31. The van der Waals surface area contributed by atoms with Gasteiger partial charge in [0.05, 0.1) is 33.0 Å². The van der Waals surface area contributed by atoms with Crippen molar-refractivity contribution in [1.29, 1.82) is 0 Å². The van der Waals surface area contributed by atoms with Gasteiger partial charge in [0.25, 0.3) is 10.0 Å². The van der Waals surface area contributed by atoms with Crippen LogP contribution in [-0.2, 0) is 10.0 Å². The molecule has 0 saturated carbocycles. The lowest BCUT2D eigenvalue weighted by Crippen LogP contribution is -2.23. The number of nitrogens with one attached hydrogen (secondary N) is 1. The van der Waals surface area contributed by atoms with Gasteiger partial charge in [-0.2, -0.15) is 0 Å². The third-order valence-corrected chi connectivity index (χ3v) is 4.70. The van der Waals surface area contributed by atoms with Crippen molar-refractivity contribution in [1.82, 2.24) is 0 Å². The quantitative estimate of drug-likeness (QED) is 0.773. The van der Waals surface area contributed by atoms with Crippen LogP contribution in [0.2, 0.25) is 0 Å². The minimum absolute atomic E-state index is 0.00707. The standard InChI is InChI=1S/C16H17NO7S/c1-22-12-7-11(8-13(9-12)23-2)17-25(20,21)15-6-10(16(18)19)4-5-14(15)24-3/h4-9,17H,1-3H3,(H,18,19)/p-1. The van der Waals surface area contributed by atoms with E-state index in [1.54, 1.807) is 6.07 Å². The Morgan fingerprint density at radius 3 is 2.04 bits per heavy atom. The number of carboxylic acids is 1. The Labute approximate surface area is 145 Å². The number of benzene rings is 2. The fourth-order valence-electron chi connectivity index (χ4n) is 2.09. The lowest BCUT2D eigenvalue weighted by molar-refractivity contribution is -0.255. The molecule has 0 fully saturated rings. The van der Waals surface area contributed by atoms with Gasteiger partial charge in [-0.15, -0.1) is 0 Å². The molecule has 2 aromatic carbocycles. The summed E-state index contributed by atoms with van der Waals surface area (Å²) < 4.78 is 42.9. The molecule has 0 bridgehead atoms. The average molecular weight is 366 g/mol. The smallest absolute Gasteiger partial charge is 0.265 e. The van der Waals surface area contributed by atoms with Gasteiger partial charge in [0, 0.05) is 18.2 Å². The number of hydrogen-bond acceptors (Lipinski definition) is 7. The lowest BCUT2D eigenvalue weighted by Gasteiger charge is -2.14. The second-order valence-electron chi connectivity index (χ2n) is 4.86. The van der Waals surface area contributed by atoms with Crippen LogP contribution in [0.5, 0.6) is 17.2 Å². The summed E-state index contributed by atoms with van der Waals surface area (Å²) in [7, 11) is 0.0000436. The van der Waals surface area contributed by atoms with Crippen molar-refractivity contribution in [2.75, 3.05) is 26.1 Å². The van der Waals surface area contributed by atoms with Gasteiger partial charge in [0.1, 0.15) is 22.1 Å². The minimum Gasteiger partial charge on any atom is -0.545 e. The second-order valence-corrected chi connectivity index (χ2v) is 6.51. The first-order chi connectivity index (χ1) is 11.8. The van der Waals surface area contributed by atoms with E-state index in [-0.39, 0.29) is 21.9 Å². The molecule has 0 aromatic heterocycles. The first kappa shape index (κ1) is 18.4. The SMILES string of the molecule is COc1cc(NS(=O)(=O)c2cc(C(=O)[O-])ccc2OC)cc(OC)c1. The molecule has 0 radical (unpaired) electrons. The molecule has 0 unspecified atom stereocenters. The van der Waals surface area contributed by atoms with Crippen LogP contribution >= 0.6 is 0 Å². The Hall–Kier alpha value is -2.94. The Balaban J connectivity index is 2.49. The number of carboxylic acid groups (broad SMARTS) is 1. The monoisotopic (exact) mass is 366 g/mol. The van der Waals surface area contributed by atoms with Gasteiger partial charge in [-0.25, -0.2) is 8.42 Å². The van der Waals surface area contributed by atoms with E-state index < -0.39 is 16.0 Å². The summed E-state index contributed by atoms with van der Waals surface area (Å²) in [4.78, 5) is 10.7. The minimum atomic E-state index is -4.14. The molecule has 0 aliphatic carbocycles. The van der Waals surface area contributed by atoms with Gasteiger partial charge in [-0.05, 0) is 23.8 Å². The molecule has 134 valence electrons. The number of methoxy groups -OCH3 is 3. The molecular formula is C16H16NO7S-. The van der Waals surface area contributed by atoms with Crippen LogP contribution in [0, 0.1) is 0 Å². The predicted molar refractivity (Wildman–Crippen MR) is 87.7 cm³/mol. The van der Waals surface area contributed by atoms with Gasteiger partial charge >= 0.3 is 0 Å². The molecule has 0 aliphatic heterocycles. The van der Waals surface area contributed by atoms with Crippen LogP contribution in [0.1, 0.15) is 10.4 Å². The molecule has 1 N–H and O–H groups in total. The van der Waals surface area contributed by atoms with E-state index in [1.165, 1.54) is 45.6 Å². The highest BCUT2D eigenvalue weighted by molar-refractivity contribution is 7.92. The fourth-order valence-corrected chi connectivity index (χ4v) is 3.33. The molecule has 0 spiro atoms. The molecule has 8 nitrogen and oxygen atoms in total. The number of rotatable bonds is 7. The molecule has 0 heterocycles. The Bertz CT molecular complexity index is 871. The number of aromatic carboxylic acids is 1. The van der Waals surface area contributed by atoms with E-state index in [4.69, 9.17) is 14.2 Å². The van der Waals surface area contributed by atoms with E-state index in [1.807, 2.05) is 0 Å². The fraction of sp³-hybridized carbons (Fsp3) is 0.188. The van der Waals surface area contributed by atoms with Gasteiger partial charge in [-0.1, -0.05) is 0 Å². The highest BCUT2D eigenvalue weighted by Gasteiger charge is 2.21. The van der Waals surface area contributed by atoms with Crippen molar-refractivity contribution in [3.63, 3.8) is 0 Å². The number of sulfonamides is 1. The number of hydrogen-bond donors (Lipinski definition) is 1. The van der Waals surface area contributed by atoms with Crippen molar-refractivity contribution in [2.24, 2.45) is 0 Å². The summed E-state index contributed by atoms with van der Waals surface area (Å²) in [5.41, 5.74) is -0.110. The number of carbonyl (C=O) groups is 1. The molecule has 25 heavy (non-hydrogen) atoms. The summed E-state index contributed by atoms with van der Waals surface area (Å²) >= 11 is 0. The van der Waals surface area contributed by atoms with Crippen LogP contribution in [-0.4, -0.2) is 35.7 Å². The normalized spacial score (nSPS) is 10.8. The molecule has 2 aromatic rings. The van der Waals surface area contributed by atoms with Gasteiger partial charge in [0.15, 0.2) is 0 Å². The number of carbonyl (C=O) groups excluding carboxylic acids is 1. The van der Waals surface area contributed by atoms with Crippen LogP contribution < -0.4 is 24.0 Å². The summed E-state index contributed by atoms with van der Waals surface area (Å²) in [6.07, 6.45) is 0. The maximum absolute atomic E-state index is 12.7. The van der Waals surface area contributed by atoms with Gasteiger partial charge in [-0.3, -0.25) is 4.72 Å². The maximum atomic E-state index is 12.7. The van der Waals surface area contributed by atoms with Crippen molar-refractivity contribution in [2.45, 2.75) is 4.90 Å². The zero-order valence-corrected chi connectivity index (χ0v) is 14.5. The largest absolute Gasteiger partial charge is 0.545 e. The molecule has 0 saturated heterocycles. The van der Waals surface area contributed by atoms with Crippen molar-refractivity contribution in [3.8, 4) is 17.2 Å². The summed E-state index contributed by atoms with van der Waals surface area (Å²) in [5.74, 6) is -0.741. The summed E-state index contributed by atoms with van der Waals surface area (Å²) in [5, 5.41) is 11.0. The molecule has 9 heteroatoms. The molecule has 0 aliphatic rings. The van der Waals surface area contributed by atoms with Crippen molar-refractivity contribution < 1.29 is 32.5 Å². The molecular weight excluding hydrogens is 350 g/mol. The summed E-state index contributed by atoms with van der Waals surface area (Å²) in [6.45, 7) is 0. The summed E-state index contributed by atoms with van der Waals surface area (Å²) in [6, 6.07) is 7.89. The molecule has 2 rings (SSSR count). The zero-order valence-electron chi connectivity index (χ0n) is 13.7. The zero-order chi connectivity index (χ0) is 18.6. The van der Waals surface area contributed by atoms with Crippen LogP contribution in [0.15, 0.2) is 41.3 Å². The highest BCUT2D eigenvalue weighted by atomic mass is 32.2.